The van der Waals surface area contributed by atoms with Crippen LogP contribution in [-0.2, 0) is 22.6 Å². The van der Waals surface area contributed by atoms with Gasteiger partial charge in [-0.2, -0.15) is 0 Å². The molecule has 2 aromatic carbocycles. The van der Waals surface area contributed by atoms with Crippen molar-refractivity contribution in [3.63, 3.8) is 0 Å². The number of nitrogens with zero attached hydrogens (tertiary/aromatic N) is 3. The van der Waals surface area contributed by atoms with Gasteiger partial charge < -0.3 is 19.4 Å². The van der Waals surface area contributed by atoms with E-state index < -0.39 is 0 Å². The molecule has 2 aromatic heterocycles. The molecule has 0 atom stereocenters. The van der Waals surface area contributed by atoms with E-state index in [0.717, 1.165) is 11.1 Å². The predicted molar refractivity (Wildman–Crippen MR) is 128 cm³/mol. The fraction of sp³-hybridized carbons (Fsp3) is 0.208. The highest BCUT2D eigenvalue weighted by atomic mass is 35.5. The van der Waals surface area contributed by atoms with Crippen LogP contribution in [0, 0.1) is 0 Å². The Bertz CT molecular complexity index is 1350. The highest BCUT2D eigenvalue weighted by Gasteiger charge is 2.18. The standard InChI is InChI=1S/C24H23ClN4O4/c1-32-11-10-28-15-26-22-18(16-6-4-3-5-7-16)13-29(23(22)24(28)31)14-21(30)27-17-8-9-20(33-2)19(25)12-17/h3-9,12-13,15H,10-11,14H2,1-2H3,(H,27,30). The number of fused-ring (bicyclic) bond motifs is 1. The third-order valence-corrected chi connectivity index (χ3v) is 5.51. The predicted octanol–water partition coefficient (Wildman–Crippen LogP) is 3.81. The van der Waals surface area contributed by atoms with Crippen LogP contribution in [0.3, 0.4) is 0 Å². The normalized spacial score (nSPS) is 11.0. The number of hydrogen-bond acceptors (Lipinski definition) is 5. The Morgan fingerprint density at radius 2 is 1.91 bits per heavy atom. The van der Waals surface area contributed by atoms with Crippen molar-refractivity contribution in [2.75, 3.05) is 26.1 Å². The number of methoxy groups -OCH3 is 2. The van der Waals surface area contributed by atoms with Crippen LogP contribution in [0.25, 0.3) is 22.2 Å². The van der Waals surface area contributed by atoms with Crippen LogP contribution in [0.4, 0.5) is 5.69 Å². The summed E-state index contributed by atoms with van der Waals surface area (Å²) < 4.78 is 13.4. The van der Waals surface area contributed by atoms with Gasteiger partial charge in [0.2, 0.25) is 5.91 Å². The minimum atomic E-state index is -0.306. The summed E-state index contributed by atoms with van der Waals surface area (Å²) in [5.41, 5.74) is 2.88. The van der Waals surface area contributed by atoms with Crippen molar-refractivity contribution in [2.45, 2.75) is 13.1 Å². The summed E-state index contributed by atoms with van der Waals surface area (Å²) in [6.45, 7) is 0.664. The third-order valence-electron chi connectivity index (χ3n) is 5.21. The number of aromatic nitrogens is 3. The molecule has 4 rings (SSSR count). The van der Waals surface area contributed by atoms with Gasteiger partial charge in [-0.05, 0) is 23.8 Å². The van der Waals surface area contributed by atoms with Crippen molar-refractivity contribution in [1.82, 2.24) is 14.1 Å². The maximum absolute atomic E-state index is 13.2. The number of ether oxygens (including phenoxy) is 2. The minimum Gasteiger partial charge on any atom is -0.495 e. The molecule has 0 radical (unpaired) electrons. The summed E-state index contributed by atoms with van der Waals surface area (Å²) >= 11 is 6.16. The van der Waals surface area contributed by atoms with Crippen molar-refractivity contribution >= 4 is 34.2 Å². The molecule has 4 aromatic rings. The van der Waals surface area contributed by atoms with E-state index in [1.165, 1.54) is 18.0 Å². The molecule has 0 aliphatic rings. The molecule has 9 heteroatoms. The average molecular weight is 467 g/mol. The number of amides is 1. The first-order valence-corrected chi connectivity index (χ1v) is 10.7. The van der Waals surface area contributed by atoms with Crippen LogP contribution < -0.4 is 15.6 Å². The molecule has 1 amide bonds. The fourth-order valence-corrected chi connectivity index (χ4v) is 3.88. The molecule has 0 aliphatic carbocycles. The Kier molecular flexibility index (Phi) is 6.76. The number of anilines is 1. The molecule has 0 fully saturated rings. The largest absolute Gasteiger partial charge is 0.495 e. The molecular formula is C24H23ClN4O4. The second-order valence-electron chi connectivity index (χ2n) is 7.37. The second kappa shape index (κ2) is 9.89. The van der Waals surface area contributed by atoms with Gasteiger partial charge in [-0.1, -0.05) is 41.9 Å². The van der Waals surface area contributed by atoms with Crippen LogP contribution >= 0.6 is 11.6 Å². The first-order valence-electron chi connectivity index (χ1n) is 10.3. The summed E-state index contributed by atoms with van der Waals surface area (Å²) in [5.74, 6) is 0.209. The SMILES string of the molecule is COCCn1cnc2c(-c3ccccc3)cn(CC(=O)Nc3ccc(OC)c(Cl)c3)c2c1=O. The first kappa shape index (κ1) is 22.6. The summed E-state index contributed by atoms with van der Waals surface area (Å²) in [5, 5.41) is 3.20. The van der Waals surface area contributed by atoms with Gasteiger partial charge in [0.15, 0.2) is 0 Å². The average Bonchev–Trinajstić information content (AvgIpc) is 3.18. The lowest BCUT2D eigenvalue weighted by atomic mass is 10.1. The molecule has 8 nitrogen and oxygen atoms in total. The number of benzene rings is 2. The van der Waals surface area contributed by atoms with Crippen LogP contribution in [0.15, 0.2) is 65.8 Å². The zero-order valence-corrected chi connectivity index (χ0v) is 19.0. The van der Waals surface area contributed by atoms with E-state index in [-0.39, 0.29) is 18.0 Å². The first-order chi connectivity index (χ1) is 16.0. The van der Waals surface area contributed by atoms with Crippen molar-refractivity contribution in [1.29, 1.82) is 0 Å². The van der Waals surface area contributed by atoms with Gasteiger partial charge in [0.05, 0.1) is 31.6 Å². The third kappa shape index (κ3) is 4.76. The number of rotatable bonds is 8. The van der Waals surface area contributed by atoms with E-state index in [1.54, 1.807) is 36.1 Å². The van der Waals surface area contributed by atoms with E-state index in [9.17, 15) is 9.59 Å². The Morgan fingerprint density at radius 3 is 2.61 bits per heavy atom. The maximum Gasteiger partial charge on any atom is 0.277 e. The lowest BCUT2D eigenvalue weighted by molar-refractivity contribution is -0.116. The van der Waals surface area contributed by atoms with Gasteiger partial charge in [0, 0.05) is 24.6 Å². The van der Waals surface area contributed by atoms with E-state index >= 15 is 0 Å². The Balaban J connectivity index is 1.71. The smallest absolute Gasteiger partial charge is 0.277 e. The number of carbonyl (C=O) groups is 1. The molecule has 33 heavy (non-hydrogen) atoms. The highest BCUT2D eigenvalue weighted by Crippen LogP contribution is 2.29. The molecule has 0 bridgehead atoms. The molecule has 0 aliphatic heterocycles. The summed E-state index contributed by atoms with van der Waals surface area (Å²) in [7, 11) is 3.09. The van der Waals surface area contributed by atoms with Gasteiger partial charge in [-0.25, -0.2) is 4.98 Å². The topological polar surface area (TPSA) is 87.4 Å². The van der Waals surface area contributed by atoms with Gasteiger partial charge in [-0.3, -0.25) is 14.2 Å². The zero-order chi connectivity index (χ0) is 23.4. The number of nitrogens with one attached hydrogen (secondary N) is 1. The second-order valence-corrected chi connectivity index (χ2v) is 7.77. The van der Waals surface area contributed by atoms with Crippen molar-refractivity contribution in [3.05, 3.63) is 76.4 Å². The number of carbonyl (C=O) groups excluding carboxylic acids is 1. The molecule has 0 saturated carbocycles. The van der Waals surface area contributed by atoms with E-state index in [4.69, 9.17) is 21.1 Å². The highest BCUT2D eigenvalue weighted by molar-refractivity contribution is 6.32. The van der Waals surface area contributed by atoms with Crippen LogP contribution in [0.1, 0.15) is 0 Å². The molecule has 1 N–H and O–H groups in total. The lowest BCUT2D eigenvalue weighted by Gasteiger charge is -2.10. The van der Waals surface area contributed by atoms with Crippen molar-refractivity contribution in [2.24, 2.45) is 0 Å². The molecular weight excluding hydrogens is 444 g/mol. The summed E-state index contributed by atoms with van der Waals surface area (Å²) in [4.78, 5) is 30.6. The molecule has 170 valence electrons. The van der Waals surface area contributed by atoms with Gasteiger partial charge in [-0.15, -0.1) is 0 Å². The van der Waals surface area contributed by atoms with Crippen LogP contribution in [-0.4, -0.2) is 40.9 Å². The van der Waals surface area contributed by atoms with E-state index in [2.05, 4.69) is 10.3 Å². The molecule has 0 saturated heterocycles. The lowest BCUT2D eigenvalue weighted by Crippen LogP contribution is -2.26. The molecule has 0 spiro atoms. The Morgan fingerprint density at radius 1 is 1.12 bits per heavy atom. The van der Waals surface area contributed by atoms with E-state index in [1.807, 2.05) is 30.3 Å². The molecule has 0 unspecified atom stereocenters. The maximum atomic E-state index is 13.2. The van der Waals surface area contributed by atoms with Crippen LogP contribution in [0.2, 0.25) is 5.02 Å². The van der Waals surface area contributed by atoms with Crippen LogP contribution in [0.5, 0.6) is 5.75 Å². The van der Waals surface area contributed by atoms with Crippen molar-refractivity contribution < 1.29 is 14.3 Å². The quantitative estimate of drug-likeness (QED) is 0.426. The Hall–Kier alpha value is -3.62. The summed E-state index contributed by atoms with van der Waals surface area (Å²) in [6, 6.07) is 14.6. The van der Waals surface area contributed by atoms with Gasteiger partial charge >= 0.3 is 0 Å². The monoisotopic (exact) mass is 466 g/mol. The van der Waals surface area contributed by atoms with Crippen molar-refractivity contribution in [3.8, 4) is 16.9 Å². The summed E-state index contributed by atoms with van der Waals surface area (Å²) in [6.07, 6.45) is 3.30. The van der Waals surface area contributed by atoms with Gasteiger partial charge in [0.25, 0.3) is 5.56 Å². The zero-order valence-electron chi connectivity index (χ0n) is 18.2. The Labute approximate surface area is 195 Å². The number of halogens is 1. The molecule has 2 heterocycles. The van der Waals surface area contributed by atoms with E-state index in [0.29, 0.717) is 40.6 Å². The number of hydrogen-bond donors (Lipinski definition) is 1. The van der Waals surface area contributed by atoms with Gasteiger partial charge in [0.1, 0.15) is 23.3 Å². The minimum absolute atomic E-state index is 0.0712. The fourth-order valence-electron chi connectivity index (χ4n) is 3.62.